The molecule has 0 bridgehead atoms. The molecule has 0 spiro atoms. The smallest absolute Gasteiger partial charge is 0.339 e. The van der Waals surface area contributed by atoms with Crippen molar-refractivity contribution in [3.63, 3.8) is 0 Å². The molecule has 0 amide bonds. The van der Waals surface area contributed by atoms with Gasteiger partial charge in [0, 0.05) is 17.1 Å². The standard InChI is InChI=1S/C13H13NO4/c1-2-18-13(17)12(16)9-5-6-10(15)11-8(9)4-3-7-14-11/h3-7,12,15-16H,2H2,1H3. The summed E-state index contributed by atoms with van der Waals surface area (Å²) >= 11 is 0. The van der Waals surface area contributed by atoms with Crippen LogP contribution in [0.1, 0.15) is 18.6 Å². The monoisotopic (exact) mass is 247 g/mol. The Hall–Kier alpha value is -2.14. The topological polar surface area (TPSA) is 79.7 Å². The minimum absolute atomic E-state index is 0.00501. The Balaban J connectivity index is 2.51. The summed E-state index contributed by atoms with van der Waals surface area (Å²) in [5.74, 6) is -0.709. The number of aliphatic hydroxyl groups is 1. The van der Waals surface area contributed by atoms with Crippen LogP contribution in [-0.4, -0.2) is 27.8 Å². The number of carbonyl (C=O) groups excluding carboxylic acids is 1. The SMILES string of the molecule is CCOC(=O)C(O)c1ccc(O)c2ncccc12. The van der Waals surface area contributed by atoms with Crippen molar-refractivity contribution in [2.75, 3.05) is 6.61 Å². The molecule has 0 radical (unpaired) electrons. The first-order valence-corrected chi connectivity index (χ1v) is 5.56. The Morgan fingerprint density at radius 1 is 1.44 bits per heavy atom. The van der Waals surface area contributed by atoms with Crippen LogP contribution in [0.4, 0.5) is 0 Å². The highest BCUT2D eigenvalue weighted by atomic mass is 16.5. The molecule has 1 aromatic heterocycles. The number of aliphatic hydroxyl groups excluding tert-OH is 1. The van der Waals surface area contributed by atoms with Gasteiger partial charge in [-0.3, -0.25) is 4.98 Å². The molecule has 2 rings (SSSR count). The molecule has 1 unspecified atom stereocenters. The van der Waals surface area contributed by atoms with Crippen LogP contribution in [0.3, 0.4) is 0 Å². The number of aromatic hydroxyl groups is 1. The Morgan fingerprint density at radius 2 is 2.22 bits per heavy atom. The highest BCUT2D eigenvalue weighted by molar-refractivity contribution is 5.91. The van der Waals surface area contributed by atoms with E-state index >= 15 is 0 Å². The Bertz CT molecular complexity index is 582. The molecule has 0 fully saturated rings. The maximum Gasteiger partial charge on any atom is 0.339 e. The molecule has 0 saturated heterocycles. The highest BCUT2D eigenvalue weighted by Gasteiger charge is 2.21. The molecule has 1 heterocycles. The lowest BCUT2D eigenvalue weighted by molar-refractivity contribution is -0.153. The van der Waals surface area contributed by atoms with Crippen LogP contribution < -0.4 is 0 Å². The van der Waals surface area contributed by atoms with Crippen molar-refractivity contribution < 1.29 is 19.7 Å². The van der Waals surface area contributed by atoms with Crippen molar-refractivity contribution in [2.24, 2.45) is 0 Å². The van der Waals surface area contributed by atoms with Gasteiger partial charge in [-0.05, 0) is 19.1 Å². The van der Waals surface area contributed by atoms with Gasteiger partial charge in [0.25, 0.3) is 0 Å². The second-order valence-corrected chi connectivity index (χ2v) is 3.73. The number of esters is 1. The van der Waals surface area contributed by atoms with E-state index in [1.165, 1.54) is 18.3 Å². The highest BCUT2D eigenvalue weighted by Crippen LogP contribution is 2.29. The number of rotatable bonds is 3. The van der Waals surface area contributed by atoms with Gasteiger partial charge in [0.15, 0.2) is 6.10 Å². The van der Waals surface area contributed by atoms with Gasteiger partial charge < -0.3 is 14.9 Å². The fourth-order valence-electron chi connectivity index (χ4n) is 1.77. The molecule has 0 aliphatic rings. The fourth-order valence-corrected chi connectivity index (χ4v) is 1.77. The Morgan fingerprint density at radius 3 is 2.94 bits per heavy atom. The molecule has 0 aliphatic heterocycles. The summed E-state index contributed by atoms with van der Waals surface area (Å²) in [6.07, 6.45) is 0.153. The van der Waals surface area contributed by atoms with Gasteiger partial charge in [-0.1, -0.05) is 12.1 Å². The average Bonchev–Trinajstić information content (AvgIpc) is 2.39. The van der Waals surface area contributed by atoms with Gasteiger partial charge in [0.2, 0.25) is 0 Å². The summed E-state index contributed by atoms with van der Waals surface area (Å²) in [6.45, 7) is 1.87. The summed E-state index contributed by atoms with van der Waals surface area (Å²) in [7, 11) is 0. The first-order valence-electron chi connectivity index (χ1n) is 5.56. The van der Waals surface area contributed by atoms with E-state index in [1.54, 1.807) is 19.1 Å². The summed E-state index contributed by atoms with van der Waals surface area (Å²) in [6, 6.07) is 6.23. The summed E-state index contributed by atoms with van der Waals surface area (Å²) in [4.78, 5) is 15.5. The van der Waals surface area contributed by atoms with E-state index in [0.29, 0.717) is 16.5 Å². The summed E-state index contributed by atoms with van der Waals surface area (Å²) < 4.78 is 4.77. The molecule has 0 aliphatic carbocycles. The Labute approximate surface area is 104 Å². The number of carbonyl (C=O) groups is 1. The van der Waals surface area contributed by atoms with Crippen LogP contribution in [0, 0.1) is 0 Å². The minimum Gasteiger partial charge on any atom is -0.506 e. The summed E-state index contributed by atoms with van der Waals surface area (Å²) in [5.41, 5.74) is 0.715. The molecule has 0 saturated carbocycles. The fraction of sp³-hybridized carbons (Fsp3) is 0.231. The third-order valence-corrected chi connectivity index (χ3v) is 2.59. The number of ether oxygens (including phenoxy) is 1. The predicted molar refractivity (Wildman–Crippen MR) is 65.0 cm³/mol. The third-order valence-electron chi connectivity index (χ3n) is 2.59. The third kappa shape index (κ3) is 2.12. The number of fused-ring (bicyclic) bond motifs is 1. The van der Waals surface area contributed by atoms with Crippen LogP contribution >= 0.6 is 0 Å². The van der Waals surface area contributed by atoms with Crippen molar-refractivity contribution in [3.05, 3.63) is 36.0 Å². The second kappa shape index (κ2) is 5.01. The first-order chi connectivity index (χ1) is 8.65. The van der Waals surface area contributed by atoms with Gasteiger partial charge in [-0.2, -0.15) is 0 Å². The molecule has 2 aromatic rings. The van der Waals surface area contributed by atoms with Crippen molar-refractivity contribution in [1.82, 2.24) is 4.98 Å². The van der Waals surface area contributed by atoms with Gasteiger partial charge in [-0.25, -0.2) is 4.79 Å². The molecular formula is C13H13NO4. The Kier molecular flexibility index (Phi) is 3.43. The van der Waals surface area contributed by atoms with Crippen molar-refractivity contribution in [3.8, 4) is 5.75 Å². The van der Waals surface area contributed by atoms with Crippen LogP contribution in [-0.2, 0) is 9.53 Å². The predicted octanol–water partition coefficient (Wildman–Crippen LogP) is 1.54. The van der Waals surface area contributed by atoms with E-state index < -0.39 is 12.1 Å². The number of benzene rings is 1. The lowest BCUT2D eigenvalue weighted by Gasteiger charge is -2.12. The van der Waals surface area contributed by atoms with Crippen LogP contribution in [0.2, 0.25) is 0 Å². The maximum absolute atomic E-state index is 11.5. The number of pyridine rings is 1. The maximum atomic E-state index is 11.5. The number of phenols is 1. The van der Waals surface area contributed by atoms with Crippen LogP contribution in [0.25, 0.3) is 10.9 Å². The quantitative estimate of drug-likeness (QED) is 0.804. The molecule has 1 atom stereocenters. The zero-order valence-corrected chi connectivity index (χ0v) is 9.83. The first kappa shape index (κ1) is 12.3. The normalized spacial score (nSPS) is 12.3. The molecule has 94 valence electrons. The average molecular weight is 247 g/mol. The van der Waals surface area contributed by atoms with Gasteiger partial charge in [0.1, 0.15) is 11.3 Å². The van der Waals surface area contributed by atoms with E-state index in [2.05, 4.69) is 4.98 Å². The zero-order chi connectivity index (χ0) is 13.1. The number of nitrogens with zero attached hydrogens (tertiary/aromatic N) is 1. The lowest BCUT2D eigenvalue weighted by Crippen LogP contribution is -2.15. The van der Waals surface area contributed by atoms with Gasteiger partial charge in [0.05, 0.1) is 6.61 Å². The van der Waals surface area contributed by atoms with E-state index in [1.807, 2.05) is 0 Å². The molecular weight excluding hydrogens is 234 g/mol. The van der Waals surface area contributed by atoms with Crippen LogP contribution in [0.5, 0.6) is 5.75 Å². The van der Waals surface area contributed by atoms with Gasteiger partial charge >= 0.3 is 5.97 Å². The van der Waals surface area contributed by atoms with E-state index in [9.17, 15) is 15.0 Å². The van der Waals surface area contributed by atoms with Crippen molar-refractivity contribution >= 4 is 16.9 Å². The molecule has 2 N–H and O–H groups in total. The second-order valence-electron chi connectivity index (χ2n) is 3.73. The summed E-state index contributed by atoms with van der Waals surface area (Å²) in [5, 5.41) is 20.1. The van der Waals surface area contributed by atoms with Gasteiger partial charge in [-0.15, -0.1) is 0 Å². The lowest BCUT2D eigenvalue weighted by atomic mass is 10.0. The largest absolute Gasteiger partial charge is 0.506 e. The number of phenolic OH excluding ortho intramolecular Hbond substituents is 1. The number of hydrogen-bond acceptors (Lipinski definition) is 5. The van der Waals surface area contributed by atoms with E-state index in [4.69, 9.17) is 4.74 Å². The van der Waals surface area contributed by atoms with Crippen molar-refractivity contribution in [1.29, 1.82) is 0 Å². The number of hydrogen-bond donors (Lipinski definition) is 2. The van der Waals surface area contributed by atoms with E-state index in [-0.39, 0.29) is 12.4 Å². The minimum atomic E-state index is -1.38. The molecule has 5 heteroatoms. The van der Waals surface area contributed by atoms with E-state index in [0.717, 1.165) is 0 Å². The molecule has 1 aromatic carbocycles. The molecule has 18 heavy (non-hydrogen) atoms. The van der Waals surface area contributed by atoms with Crippen LogP contribution in [0.15, 0.2) is 30.5 Å². The molecule has 5 nitrogen and oxygen atoms in total. The van der Waals surface area contributed by atoms with Crippen molar-refractivity contribution in [2.45, 2.75) is 13.0 Å². The zero-order valence-electron chi connectivity index (χ0n) is 9.83. The number of aromatic nitrogens is 1.